The van der Waals surface area contributed by atoms with E-state index in [0.717, 1.165) is 28.3 Å². The van der Waals surface area contributed by atoms with Crippen LogP contribution in [0.5, 0.6) is 17.2 Å². The number of rotatable bonds is 16. The van der Waals surface area contributed by atoms with Gasteiger partial charge >= 0.3 is 6.09 Å². The number of hydrogen-bond acceptors (Lipinski definition) is 13. The number of methoxy groups -OCH3 is 3. The minimum Gasteiger partial charge on any atom is -0.497 e. The van der Waals surface area contributed by atoms with Gasteiger partial charge in [0.25, 0.3) is 0 Å². The number of allylic oxidation sites excluding steroid dienone is 1. The van der Waals surface area contributed by atoms with Gasteiger partial charge in [-0.15, -0.1) is 10.2 Å². The lowest BCUT2D eigenvalue weighted by Gasteiger charge is -2.32. The summed E-state index contributed by atoms with van der Waals surface area (Å²) in [5.74, 6) is 1.81. The molecule has 1 aliphatic carbocycles. The van der Waals surface area contributed by atoms with Crippen molar-refractivity contribution in [2.24, 2.45) is 5.73 Å². The molecule has 17 nitrogen and oxygen atoms in total. The molecule has 346 valence electrons. The molecule has 0 radical (unpaired) electrons. The van der Waals surface area contributed by atoms with Gasteiger partial charge in [0.2, 0.25) is 26.7 Å². The molecule has 5 aromatic rings. The van der Waals surface area contributed by atoms with Crippen LogP contribution in [0.1, 0.15) is 68.7 Å². The van der Waals surface area contributed by atoms with E-state index in [1.807, 2.05) is 30.3 Å². The molecule has 2 heterocycles. The summed E-state index contributed by atoms with van der Waals surface area (Å²) in [5.41, 5.74) is 9.01. The van der Waals surface area contributed by atoms with E-state index in [4.69, 9.17) is 29.8 Å². The van der Waals surface area contributed by atoms with E-state index in [2.05, 4.69) is 10.3 Å². The Balaban J connectivity index is 1.46. The number of carbonyl (C=O) groups is 1. The number of likely N-dealkylation sites (tertiary alicyclic amines) is 1. The third-order valence-corrected chi connectivity index (χ3v) is 14.0. The standard InChI is InChI=1S/C46H56N8O9S2/c1-46(2,3)63-45(55)51-25-24-36(30-51)54(64(56)57)41-23-22-40(34-8-7-9-35(47)26-34)42(44-48-50-53(49-44)29-33-14-20-39(62-6)21-15-33)43(41)65(58,59)52(27-31-10-16-37(60-4)17-11-31)28-32-12-18-38(61-5)19-13-32/h10-23,26,35-36,64H,7-9,24-25,27-30,47H2,1-6H3/t35-,36-/m1/s1. The Morgan fingerprint density at radius 3 is 1.92 bits per heavy atom. The van der Waals surface area contributed by atoms with Gasteiger partial charge in [-0.2, -0.15) is 9.10 Å². The van der Waals surface area contributed by atoms with E-state index in [1.165, 1.54) is 20.1 Å². The first kappa shape index (κ1) is 47.0. The quantitative estimate of drug-likeness (QED) is 0.109. The molecule has 1 saturated heterocycles. The van der Waals surface area contributed by atoms with Gasteiger partial charge in [-0.25, -0.2) is 21.6 Å². The first-order valence-corrected chi connectivity index (χ1v) is 23.9. The number of benzene rings is 4. The van der Waals surface area contributed by atoms with Gasteiger partial charge < -0.3 is 29.6 Å². The maximum Gasteiger partial charge on any atom is 0.410 e. The van der Waals surface area contributed by atoms with Crippen molar-refractivity contribution in [3.05, 3.63) is 113 Å². The number of tetrazole rings is 1. The number of aromatic nitrogens is 4. The summed E-state index contributed by atoms with van der Waals surface area (Å²) in [6.07, 6.45) is 3.54. The highest BCUT2D eigenvalue weighted by Gasteiger charge is 2.41. The number of thiol groups is 1. The third kappa shape index (κ3) is 11.1. The SMILES string of the molecule is COc1ccc(CN(Cc2ccc(OC)cc2)S(=O)(=O)c2c(N([C@@H]3CCN(C(=O)OC(C)(C)C)C3)[SH](=O)=O)ccc(C3=C[C@H](N)CCC3)c2-c2nnn(Cc3ccc(OC)cc3)n2)cc1. The molecule has 2 N–H and O–H groups in total. The Morgan fingerprint density at radius 2 is 1.40 bits per heavy atom. The molecule has 7 rings (SSSR count). The number of anilines is 1. The first-order chi connectivity index (χ1) is 31.1. The topological polar surface area (TPSA) is 202 Å². The molecule has 0 bridgehead atoms. The summed E-state index contributed by atoms with van der Waals surface area (Å²) >= 11 is 0. The van der Waals surface area contributed by atoms with Crippen LogP contribution in [0, 0.1) is 0 Å². The minimum absolute atomic E-state index is 0.0364. The lowest BCUT2D eigenvalue weighted by molar-refractivity contribution is 0.0293. The van der Waals surface area contributed by atoms with Crippen LogP contribution < -0.4 is 24.2 Å². The van der Waals surface area contributed by atoms with Crippen LogP contribution in [0.4, 0.5) is 10.5 Å². The summed E-state index contributed by atoms with van der Waals surface area (Å²) in [6, 6.07) is 23.5. The molecule has 2 aliphatic rings. The van der Waals surface area contributed by atoms with Gasteiger partial charge in [0.1, 0.15) is 27.7 Å². The van der Waals surface area contributed by atoms with Gasteiger partial charge in [-0.3, -0.25) is 4.31 Å². The van der Waals surface area contributed by atoms with Gasteiger partial charge in [0.15, 0.2) is 0 Å². The Kier molecular flexibility index (Phi) is 14.5. The van der Waals surface area contributed by atoms with Gasteiger partial charge in [-0.1, -0.05) is 48.5 Å². The largest absolute Gasteiger partial charge is 0.497 e. The molecule has 1 aromatic heterocycles. The van der Waals surface area contributed by atoms with Crippen molar-refractivity contribution in [1.82, 2.24) is 29.4 Å². The number of carbonyl (C=O) groups excluding carboxylic acids is 1. The molecular weight excluding hydrogens is 873 g/mol. The number of hydrogen-bond donors (Lipinski definition) is 2. The molecule has 1 aliphatic heterocycles. The second kappa shape index (κ2) is 20.0. The zero-order valence-corrected chi connectivity index (χ0v) is 39.1. The Hall–Kier alpha value is -6.02. The smallest absolute Gasteiger partial charge is 0.410 e. The zero-order chi connectivity index (χ0) is 46.5. The summed E-state index contributed by atoms with van der Waals surface area (Å²) in [4.78, 5) is 15.8. The average Bonchev–Trinajstić information content (AvgIpc) is 3.97. The van der Waals surface area contributed by atoms with Crippen molar-refractivity contribution < 1.29 is 40.6 Å². The fourth-order valence-electron chi connectivity index (χ4n) is 8.06. The minimum atomic E-state index is -4.77. The van der Waals surface area contributed by atoms with Gasteiger partial charge in [-0.05, 0) is 122 Å². The van der Waals surface area contributed by atoms with Crippen LogP contribution in [0.3, 0.4) is 0 Å². The summed E-state index contributed by atoms with van der Waals surface area (Å²) in [5, 5.41) is 13.7. The number of ether oxygens (including phenoxy) is 4. The van der Waals surface area contributed by atoms with Crippen molar-refractivity contribution in [2.45, 2.75) is 88.7 Å². The molecule has 1 fully saturated rings. The van der Waals surface area contributed by atoms with E-state index < -0.39 is 38.6 Å². The molecule has 1 amide bonds. The summed E-state index contributed by atoms with van der Waals surface area (Å²) < 4.78 is 84.1. The predicted molar refractivity (Wildman–Crippen MR) is 247 cm³/mol. The molecule has 65 heavy (non-hydrogen) atoms. The molecule has 0 spiro atoms. The molecule has 19 heteroatoms. The summed E-state index contributed by atoms with van der Waals surface area (Å²) in [6.45, 7) is 5.32. The summed E-state index contributed by atoms with van der Waals surface area (Å²) in [7, 11) is -3.61. The Morgan fingerprint density at radius 1 is 0.831 bits per heavy atom. The van der Waals surface area contributed by atoms with Crippen molar-refractivity contribution in [3.8, 4) is 28.6 Å². The monoisotopic (exact) mass is 928 g/mol. The number of amides is 1. The van der Waals surface area contributed by atoms with E-state index in [-0.39, 0.29) is 67.2 Å². The van der Waals surface area contributed by atoms with E-state index in [9.17, 15) is 13.2 Å². The second-order valence-corrected chi connectivity index (χ2v) is 19.8. The second-order valence-electron chi connectivity index (χ2n) is 17.0. The molecule has 4 aromatic carbocycles. The van der Waals surface area contributed by atoms with Crippen LogP contribution >= 0.6 is 0 Å². The van der Waals surface area contributed by atoms with E-state index in [1.54, 1.807) is 96.7 Å². The Bertz CT molecular complexity index is 2620. The van der Waals surface area contributed by atoms with Crippen molar-refractivity contribution in [2.75, 3.05) is 38.7 Å². The van der Waals surface area contributed by atoms with Crippen LogP contribution in [0.15, 0.2) is 95.9 Å². The average molecular weight is 929 g/mol. The highest BCUT2D eigenvalue weighted by Crippen LogP contribution is 2.44. The van der Waals surface area contributed by atoms with Crippen LogP contribution in [0.2, 0.25) is 0 Å². The highest BCUT2D eigenvalue weighted by molar-refractivity contribution is 7.89. The number of nitrogens with two attached hydrogens (primary N) is 1. The van der Waals surface area contributed by atoms with E-state index >= 15 is 8.42 Å². The Labute approximate surface area is 381 Å². The third-order valence-electron chi connectivity index (χ3n) is 11.3. The first-order valence-electron chi connectivity index (χ1n) is 21.3. The van der Waals surface area contributed by atoms with Crippen LogP contribution in [-0.2, 0) is 45.3 Å². The normalized spacial score (nSPS) is 16.7. The number of sulfonamides is 1. The fourth-order valence-corrected chi connectivity index (χ4v) is 10.7. The molecular formula is C46H56N8O9S2. The van der Waals surface area contributed by atoms with Crippen molar-refractivity contribution in [1.29, 1.82) is 0 Å². The van der Waals surface area contributed by atoms with Gasteiger partial charge in [0.05, 0.1) is 45.2 Å². The maximum atomic E-state index is 16.2. The highest BCUT2D eigenvalue weighted by atomic mass is 32.2. The predicted octanol–water partition coefficient (Wildman–Crippen LogP) is 6.04. The zero-order valence-electron chi connectivity index (χ0n) is 37.4. The number of nitrogens with zero attached hydrogens (tertiary/aromatic N) is 7. The van der Waals surface area contributed by atoms with E-state index in [0.29, 0.717) is 40.4 Å². The van der Waals surface area contributed by atoms with Crippen molar-refractivity contribution >= 4 is 38.3 Å². The molecule has 0 unspecified atom stereocenters. The fraction of sp³-hybridized carbons (Fsp3) is 0.391. The van der Waals surface area contributed by atoms with Crippen molar-refractivity contribution in [3.63, 3.8) is 0 Å². The maximum absolute atomic E-state index is 16.2. The lowest BCUT2D eigenvalue weighted by Crippen LogP contribution is -2.41. The lowest BCUT2D eigenvalue weighted by atomic mass is 9.88. The molecule has 2 atom stereocenters. The van der Waals surface area contributed by atoms with Crippen LogP contribution in [-0.4, -0.2) is 104 Å². The van der Waals surface area contributed by atoms with Gasteiger partial charge in [0, 0.05) is 32.2 Å². The molecule has 0 saturated carbocycles. The van der Waals surface area contributed by atoms with Crippen LogP contribution in [0.25, 0.3) is 17.0 Å².